The van der Waals surface area contributed by atoms with E-state index in [0.717, 1.165) is 6.07 Å². The molecular formula is C14H10ClF2N3O3S. The van der Waals surface area contributed by atoms with Crippen LogP contribution in [0.3, 0.4) is 0 Å². The normalized spacial score (nSPS) is 12.5. The fraction of sp³-hybridized carbons (Fsp3) is 0.143. The number of benzene rings is 1. The maximum atomic E-state index is 13.6. The van der Waals surface area contributed by atoms with Crippen LogP contribution in [0.25, 0.3) is 11.0 Å². The highest BCUT2D eigenvalue weighted by Gasteiger charge is 2.30. The monoisotopic (exact) mass is 373 g/mol. The summed E-state index contributed by atoms with van der Waals surface area (Å²) in [6, 6.07) is 6.26. The first kappa shape index (κ1) is 16.6. The van der Waals surface area contributed by atoms with Crippen LogP contribution in [0.5, 0.6) is 0 Å². The van der Waals surface area contributed by atoms with Crippen molar-refractivity contribution < 1.29 is 21.7 Å². The second-order valence-corrected chi connectivity index (χ2v) is 7.07. The molecule has 1 aromatic carbocycles. The minimum atomic E-state index is -4.16. The van der Waals surface area contributed by atoms with E-state index in [0.29, 0.717) is 17.9 Å². The lowest BCUT2D eigenvalue weighted by atomic mass is 10.1. The number of aromatic nitrogens is 2. The third-order valence-corrected chi connectivity index (χ3v) is 4.83. The molecule has 1 N–H and O–H groups in total. The van der Waals surface area contributed by atoms with Gasteiger partial charge < -0.3 is 4.52 Å². The quantitative estimate of drug-likeness (QED) is 0.752. The van der Waals surface area contributed by atoms with Gasteiger partial charge in [-0.05, 0) is 30.3 Å². The van der Waals surface area contributed by atoms with Crippen molar-refractivity contribution in [2.24, 2.45) is 0 Å². The second kappa shape index (κ2) is 5.67. The molecule has 126 valence electrons. The molecule has 10 heteroatoms. The Morgan fingerprint density at radius 1 is 1.29 bits per heavy atom. The lowest BCUT2D eigenvalue weighted by Gasteiger charge is -2.15. The Kier molecular flexibility index (Phi) is 3.92. The topological polar surface area (TPSA) is 85.1 Å². The molecule has 0 saturated heterocycles. The molecule has 6 nitrogen and oxygen atoms in total. The zero-order valence-corrected chi connectivity index (χ0v) is 13.7. The number of pyridine rings is 1. The van der Waals surface area contributed by atoms with Gasteiger partial charge in [0.15, 0.2) is 10.7 Å². The van der Waals surface area contributed by atoms with Crippen LogP contribution in [0.2, 0.25) is 5.15 Å². The predicted molar refractivity (Wildman–Crippen MR) is 83.6 cm³/mol. The molecular weight excluding hydrogens is 364 g/mol. The first-order chi connectivity index (χ1) is 11.2. The van der Waals surface area contributed by atoms with Crippen molar-refractivity contribution >= 4 is 38.4 Å². The third kappa shape index (κ3) is 3.04. The van der Waals surface area contributed by atoms with Crippen molar-refractivity contribution in [1.82, 2.24) is 10.1 Å². The fourth-order valence-corrected chi connectivity index (χ4v) is 3.32. The Morgan fingerprint density at radius 2 is 2.04 bits per heavy atom. The molecule has 0 spiro atoms. The molecule has 0 unspecified atom stereocenters. The molecule has 0 saturated carbocycles. The average molecular weight is 374 g/mol. The van der Waals surface area contributed by atoms with Crippen LogP contribution >= 0.6 is 11.6 Å². The molecule has 0 atom stereocenters. The van der Waals surface area contributed by atoms with Crippen LogP contribution in [-0.4, -0.2) is 18.6 Å². The van der Waals surface area contributed by atoms with Crippen molar-refractivity contribution in [3.8, 4) is 0 Å². The van der Waals surface area contributed by atoms with E-state index < -0.39 is 27.3 Å². The summed E-state index contributed by atoms with van der Waals surface area (Å²) in [5.74, 6) is -3.70. The third-order valence-electron chi connectivity index (χ3n) is 3.22. The second-order valence-electron chi connectivity index (χ2n) is 5.02. The summed E-state index contributed by atoms with van der Waals surface area (Å²) in [5, 5.41) is 3.81. The lowest BCUT2D eigenvalue weighted by molar-refractivity contribution is 0.0180. The van der Waals surface area contributed by atoms with Crippen LogP contribution in [0, 0.1) is 0 Å². The van der Waals surface area contributed by atoms with Crippen molar-refractivity contribution in [3.05, 3.63) is 47.2 Å². The minimum absolute atomic E-state index is 0.000617. The molecule has 0 fully saturated rings. The first-order valence-electron chi connectivity index (χ1n) is 6.59. The molecule has 0 bridgehead atoms. The smallest absolute Gasteiger partial charge is 0.274 e. The van der Waals surface area contributed by atoms with Crippen molar-refractivity contribution in [1.29, 1.82) is 0 Å². The molecule has 0 aliphatic carbocycles. The largest absolute Gasteiger partial charge is 0.355 e. The molecule has 0 aliphatic heterocycles. The van der Waals surface area contributed by atoms with Crippen LogP contribution in [0.4, 0.5) is 14.6 Å². The molecule has 3 aromatic rings. The van der Waals surface area contributed by atoms with Crippen LogP contribution in [0.15, 0.2) is 45.9 Å². The Bertz CT molecular complexity index is 1020. The van der Waals surface area contributed by atoms with E-state index in [4.69, 9.17) is 16.1 Å². The van der Waals surface area contributed by atoms with E-state index in [9.17, 15) is 17.2 Å². The van der Waals surface area contributed by atoms with Crippen LogP contribution < -0.4 is 4.72 Å². The van der Waals surface area contributed by atoms with E-state index in [2.05, 4.69) is 14.9 Å². The molecule has 0 amide bonds. The number of hydrogen-bond acceptors (Lipinski definition) is 5. The molecule has 0 aliphatic rings. The average Bonchev–Trinajstić information content (AvgIpc) is 2.87. The zero-order valence-electron chi connectivity index (χ0n) is 12.1. The highest BCUT2D eigenvalue weighted by atomic mass is 35.5. The summed E-state index contributed by atoms with van der Waals surface area (Å²) in [7, 11) is -4.16. The number of nitrogens with one attached hydrogen (secondary N) is 1. The Morgan fingerprint density at radius 3 is 2.75 bits per heavy atom. The summed E-state index contributed by atoms with van der Waals surface area (Å²) in [5.41, 5.74) is -0.227. The van der Waals surface area contributed by atoms with E-state index in [1.54, 1.807) is 0 Å². The number of fused-ring (bicyclic) bond motifs is 1. The van der Waals surface area contributed by atoms with Gasteiger partial charge in [-0.3, -0.25) is 4.72 Å². The zero-order chi connectivity index (χ0) is 17.5. The van der Waals surface area contributed by atoms with Gasteiger partial charge in [-0.2, -0.15) is 0 Å². The number of alkyl halides is 2. The van der Waals surface area contributed by atoms with Gasteiger partial charge >= 0.3 is 0 Å². The van der Waals surface area contributed by atoms with Crippen molar-refractivity contribution in [2.75, 3.05) is 4.72 Å². The number of halogens is 3. The summed E-state index contributed by atoms with van der Waals surface area (Å²) < 4.78 is 59.1. The van der Waals surface area contributed by atoms with Crippen LogP contribution in [-0.2, 0) is 15.9 Å². The van der Waals surface area contributed by atoms with Crippen molar-refractivity contribution in [2.45, 2.75) is 17.7 Å². The van der Waals surface area contributed by atoms with Gasteiger partial charge in [0, 0.05) is 13.1 Å². The molecule has 2 heterocycles. The standard InChI is InChI=1S/C14H10ClF2N3O3S/c1-14(16,17)10-3-2-6-18-13(10)20-24(21,22)8-4-5-11-9(7-8)12(15)19-23-11/h2-7H,1H3,(H,18,20). The predicted octanol–water partition coefficient (Wildman–Crippen LogP) is 3.79. The maximum absolute atomic E-state index is 13.6. The Labute approximate surface area is 140 Å². The van der Waals surface area contributed by atoms with Gasteiger partial charge in [0.2, 0.25) is 0 Å². The number of anilines is 1. The molecule has 24 heavy (non-hydrogen) atoms. The van der Waals surface area contributed by atoms with Gasteiger partial charge in [-0.1, -0.05) is 16.8 Å². The molecule has 2 aromatic heterocycles. The van der Waals surface area contributed by atoms with Gasteiger partial charge in [-0.25, -0.2) is 22.2 Å². The van der Waals surface area contributed by atoms with Crippen molar-refractivity contribution in [3.63, 3.8) is 0 Å². The molecule has 3 rings (SSSR count). The first-order valence-corrected chi connectivity index (χ1v) is 8.46. The lowest BCUT2D eigenvalue weighted by Crippen LogP contribution is -2.18. The highest BCUT2D eigenvalue weighted by Crippen LogP contribution is 2.33. The van der Waals surface area contributed by atoms with Gasteiger partial charge in [0.25, 0.3) is 15.9 Å². The number of sulfonamides is 1. The fourth-order valence-electron chi connectivity index (χ4n) is 2.08. The minimum Gasteiger partial charge on any atom is -0.355 e. The summed E-state index contributed by atoms with van der Waals surface area (Å²) in [6.45, 7) is 0.658. The number of hydrogen-bond donors (Lipinski definition) is 1. The Balaban J connectivity index is 2.04. The summed E-state index contributed by atoms with van der Waals surface area (Å²) in [4.78, 5) is 3.51. The SMILES string of the molecule is CC(F)(F)c1cccnc1NS(=O)(=O)c1ccc2onc(Cl)c2c1. The van der Waals surface area contributed by atoms with E-state index in [1.165, 1.54) is 30.5 Å². The van der Waals surface area contributed by atoms with Gasteiger partial charge in [0.05, 0.1) is 15.8 Å². The van der Waals surface area contributed by atoms with E-state index in [-0.39, 0.29) is 10.0 Å². The van der Waals surface area contributed by atoms with Gasteiger partial charge in [0.1, 0.15) is 5.82 Å². The van der Waals surface area contributed by atoms with E-state index in [1.807, 2.05) is 0 Å². The maximum Gasteiger partial charge on any atom is 0.274 e. The highest BCUT2D eigenvalue weighted by molar-refractivity contribution is 7.92. The number of rotatable bonds is 4. The van der Waals surface area contributed by atoms with Crippen LogP contribution in [0.1, 0.15) is 12.5 Å². The Hall–Kier alpha value is -2.26. The van der Waals surface area contributed by atoms with Gasteiger partial charge in [-0.15, -0.1) is 0 Å². The molecule has 0 radical (unpaired) electrons. The summed E-state index contributed by atoms with van der Waals surface area (Å²) >= 11 is 5.81. The summed E-state index contributed by atoms with van der Waals surface area (Å²) in [6.07, 6.45) is 1.22. The van der Waals surface area contributed by atoms with E-state index >= 15 is 0 Å². The number of nitrogens with zero attached hydrogens (tertiary/aromatic N) is 2.